The maximum absolute atomic E-state index is 12.7. The van der Waals surface area contributed by atoms with E-state index in [0.29, 0.717) is 48.1 Å². The summed E-state index contributed by atoms with van der Waals surface area (Å²) >= 11 is 6.10. The number of hydrogen-bond donors (Lipinski definition) is 0. The van der Waals surface area contributed by atoms with Gasteiger partial charge in [-0.25, -0.2) is 0 Å². The number of benzene rings is 2. The average Bonchev–Trinajstić information content (AvgIpc) is 2.67. The van der Waals surface area contributed by atoms with Crippen molar-refractivity contribution in [1.82, 2.24) is 9.80 Å². The summed E-state index contributed by atoms with van der Waals surface area (Å²) in [6.07, 6.45) is 0. The van der Waals surface area contributed by atoms with Gasteiger partial charge in [0.1, 0.15) is 5.75 Å². The van der Waals surface area contributed by atoms with E-state index in [4.69, 9.17) is 16.3 Å². The summed E-state index contributed by atoms with van der Waals surface area (Å²) < 4.78 is 5.03. The van der Waals surface area contributed by atoms with E-state index in [1.165, 1.54) is 6.92 Å². The van der Waals surface area contributed by atoms with Crippen molar-refractivity contribution in [3.8, 4) is 5.75 Å². The van der Waals surface area contributed by atoms with Gasteiger partial charge in [0, 0.05) is 38.7 Å². The molecule has 1 saturated heterocycles. The molecule has 0 N–H and O–H groups in total. The Morgan fingerprint density at radius 1 is 0.889 bits per heavy atom. The number of carbonyl (C=O) groups is 3. The van der Waals surface area contributed by atoms with E-state index >= 15 is 0 Å². The summed E-state index contributed by atoms with van der Waals surface area (Å²) in [6.45, 7) is 3.02. The Bertz CT molecular complexity index is 876. The minimum Gasteiger partial charge on any atom is -0.427 e. The van der Waals surface area contributed by atoms with E-state index in [1.54, 1.807) is 58.3 Å². The number of ether oxygens (including phenoxy) is 1. The number of rotatable bonds is 3. The molecular weight excluding hydrogens is 368 g/mol. The van der Waals surface area contributed by atoms with Crippen LogP contribution in [0.4, 0.5) is 0 Å². The second kappa shape index (κ2) is 8.22. The van der Waals surface area contributed by atoms with Gasteiger partial charge in [0.2, 0.25) is 0 Å². The first-order chi connectivity index (χ1) is 13.0. The van der Waals surface area contributed by atoms with Gasteiger partial charge in [0.15, 0.2) is 0 Å². The van der Waals surface area contributed by atoms with Crippen LogP contribution in [0.15, 0.2) is 48.5 Å². The predicted octanol–water partition coefficient (Wildman–Crippen LogP) is 2.86. The van der Waals surface area contributed by atoms with Crippen molar-refractivity contribution in [3.05, 3.63) is 64.7 Å². The molecule has 2 aromatic rings. The highest BCUT2D eigenvalue weighted by Crippen LogP contribution is 2.19. The molecule has 140 valence electrons. The van der Waals surface area contributed by atoms with E-state index in [2.05, 4.69) is 0 Å². The zero-order valence-corrected chi connectivity index (χ0v) is 15.6. The molecule has 2 aromatic carbocycles. The van der Waals surface area contributed by atoms with E-state index in [0.717, 1.165) is 0 Å². The molecule has 3 rings (SSSR count). The SMILES string of the molecule is CC(=O)Oc1cccc(C(=O)N2CCN(C(=O)c3ccccc3Cl)CC2)c1. The van der Waals surface area contributed by atoms with Crippen molar-refractivity contribution < 1.29 is 19.1 Å². The molecule has 1 aliphatic heterocycles. The summed E-state index contributed by atoms with van der Waals surface area (Å²) in [6, 6.07) is 13.4. The highest BCUT2D eigenvalue weighted by Gasteiger charge is 2.26. The third-order valence-electron chi connectivity index (χ3n) is 4.30. The molecular formula is C20H19ClN2O4. The van der Waals surface area contributed by atoms with Crippen LogP contribution in [0, 0.1) is 0 Å². The molecule has 1 aliphatic rings. The lowest BCUT2D eigenvalue weighted by Crippen LogP contribution is -2.50. The molecule has 0 aliphatic carbocycles. The Balaban J connectivity index is 1.64. The number of esters is 1. The van der Waals surface area contributed by atoms with Crippen LogP contribution in [-0.2, 0) is 4.79 Å². The lowest BCUT2D eigenvalue weighted by Gasteiger charge is -2.35. The molecule has 27 heavy (non-hydrogen) atoms. The van der Waals surface area contributed by atoms with E-state index in [1.807, 2.05) is 0 Å². The Hall–Kier alpha value is -2.86. The fraction of sp³-hybridized carbons (Fsp3) is 0.250. The van der Waals surface area contributed by atoms with Crippen LogP contribution in [0.2, 0.25) is 5.02 Å². The van der Waals surface area contributed by atoms with Crippen LogP contribution in [0.3, 0.4) is 0 Å². The minimum absolute atomic E-state index is 0.135. The molecule has 0 bridgehead atoms. The Morgan fingerprint density at radius 3 is 2.15 bits per heavy atom. The fourth-order valence-corrected chi connectivity index (χ4v) is 3.18. The third-order valence-corrected chi connectivity index (χ3v) is 4.63. The monoisotopic (exact) mass is 386 g/mol. The lowest BCUT2D eigenvalue weighted by atomic mass is 10.1. The summed E-state index contributed by atoms with van der Waals surface area (Å²) in [5.74, 6) is -0.398. The fourth-order valence-electron chi connectivity index (χ4n) is 2.96. The number of hydrogen-bond acceptors (Lipinski definition) is 4. The standard InChI is InChI=1S/C20H19ClN2O4/c1-14(24)27-16-6-4-5-15(13-16)19(25)22-9-11-23(12-10-22)20(26)17-7-2-3-8-18(17)21/h2-8,13H,9-12H2,1H3. The molecule has 1 fully saturated rings. The maximum Gasteiger partial charge on any atom is 0.308 e. The number of carbonyl (C=O) groups excluding carboxylic acids is 3. The number of halogens is 1. The van der Waals surface area contributed by atoms with Crippen molar-refractivity contribution in [2.24, 2.45) is 0 Å². The van der Waals surface area contributed by atoms with Crippen molar-refractivity contribution in [2.45, 2.75) is 6.92 Å². The summed E-state index contributed by atoms with van der Waals surface area (Å²) in [4.78, 5) is 39.8. The first kappa shape index (κ1) is 18.9. The van der Waals surface area contributed by atoms with Gasteiger partial charge in [-0.3, -0.25) is 14.4 Å². The highest BCUT2D eigenvalue weighted by molar-refractivity contribution is 6.33. The number of nitrogens with zero attached hydrogens (tertiary/aromatic N) is 2. The third kappa shape index (κ3) is 4.46. The molecule has 0 atom stereocenters. The maximum atomic E-state index is 12.7. The summed E-state index contributed by atoms with van der Waals surface area (Å²) in [7, 11) is 0. The minimum atomic E-state index is -0.439. The van der Waals surface area contributed by atoms with E-state index < -0.39 is 5.97 Å². The quantitative estimate of drug-likeness (QED) is 0.601. The molecule has 0 unspecified atom stereocenters. The van der Waals surface area contributed by atoms with Crippen molar-refractivity contribution in [2.75, 3.05) is 26.2 Å². The lowest BCUT2D eigenvalue weighted by molar-refractivity contribution is -0.131. The first-order valence-corrected chi connectivity index (χ1v) is 8.95. The van der Waals surface area contributed by atoms with Gasteiger partial charge in [-0.05, 0) is 30.3 Å². The van der Waals surface area contributed by atoms with Crippen LogP contribution in [0.25, 0.3) is 0 Å². The normalized spacial score (nSPS) is 14.0. The highest BCUT2D eigenvalue weighted by atomic mass is 35.5. The summed E-state index contributed by atoms with van der Waals surface area (Å²) in [5, 5.41) is 0.420. The second-order valence-electron chi connectivity index (χ2n) is 6.19. The molecule has 0 radical (unpaired) electrons. The molecule has 0 aromatic heterocycles. The van der Waals surface area contributed by atoms with Crippen LogP contribution in [0.1, 0.15) is 27.6 Å². The average molecular weight is 387 g/mol. The molecule has 7 heteroatoms. The zero-order chi connectivity index (χ0) is 19.4. The van der Waals surface area contributed by atoms with Crippen LogP contribution in [-0.4, -0.2) is 53.8 Å². The molecule has 6 nitrogen and oxygen atoms in total. The number of amides is 2. The molecule has 1 heterocycles. The predicted molar refractivity (Wildman–Crippen MR) is 101 cm³/mol. The van der Waals surface area contributed by atoms with Crippen LogP contribution >= 0.6 is 11.6 Å². The van der Waals surface area contributed by atoms with Gasteiger partial charge in [0.25, 0.3) is 11.8 Å². The summed E-state index contributed by atoms with van der Waals surface area (Å²) in [5.41, 5.74) is 0.910. The van der Waals surface area contributed by atoms with Gasteiger partial charge >= 0.3 is 5.97 Å². The smallest absolute Gasteiger partial charge is 0.308 e. The van der Waals surface area contributed by atoms with Gasteiger partial charge in [-0.15, -0.1) is 0 Å². The topological polar surface area (TPSA) is 66.9 Å². The molecule has 0 spiro atoms. The number of piperazine rings is 1. The molecule has 2 amide bonds. The van der Waals surface area contributed by atoms with Gasteiger partial charge < -0.3 is 14.5 Å². The van der Waals surface area contributed by atoms with Gasteiger partial charge in [-0.2, -0.15) is 0 Å². The Kier molecular flexibility index (Phi) is 5.76. The van der Waals surface area contributed by atoms with Crippen molar-refractivity contribution >= 4 is 29.4 Å². The van der Waals surface area contributed by atoms with E-state index in [9.17, 15) is 14.4 Å². The van der Waals surface area contributed by atoms with Crippen molar-refractivity contribution in [1.29, 1.82) is 0 Å². The van der Waals surface area contributed by atoms with Gasteiger partial charge in [0.05, 0.1) is 10.6 Å². The van der Waals surface area contributed by atoms with Gasteiger partial charge in [-0.1, -0.05) is 29.8 Å². The first-order valence-electron chi connectivity index (χ1n) is 8.57. The van der Waals surface area contributed by atoms with Crippen molar-refractivity contribution in [3.63, 3.8) is 0 Å². The largest absolute Gasteiger partial charge is 0.427 e. The van der Waals surface area contributed by atoms with Crippen LogP contribution in [0.5, 0.6) is 5.75 Å². The molecule has 0 saturated carbocycles. The van der Waals surface area contributed by atoms with Crippen LogP contribution < -0.4 is 4.74 Å². The Morgan fingerprint density at radius 2 is 1.52 bits per heavy atom. The zero-order valence-electron chi connectivity index (χ0n) is 14.9. The van der Waals surface area contributed by atoms with E-state index in [-0.39, 0.29) is 11.8 Å². The Labute approximate surface area is 162 Å². The second-order valence-corrected chi connectivity index (χ2v) is 6.59.